The summed E-state index contributed by atoms with van der Waals surface area (Å²) in [5.74, 6) is 1.14. The number of ether oxygens (including phenoxy) is 2. The Balaban J connectivity index is 1.56. The van der Waals surface area contributed by atoms with Gasteiger partial charge in [-0.05, 0) is 57.3 Å². The molecule has 132 valence electrons. The maximum Gasteiger partial charge on any atom is 0.223 e. The molecular weight excluding hydrogens is 304 g/mol. The molecule has 1 unspecified atom stereocenters. The van der Waals surface area contributed by atoms with Gasteiger partial charge in [0, 0.05) is 24.6 Å². The third kappa shape index (κ3) is 4.71. The van der Waals surface area contributed by atoms with E-state index in [1.54, 1.807) is 0 Å². The topological polar surface area (TPSA) is 59.6 Å². The molecule has 2 aliphatic heterocycles. The van der Waals surface area contributed by atoms with Crippen LogP contribution in [0, 0.1) is 12.8 Å². The summed E-state index contributed by atoms with van der Waals surface area (Å²) >= 11 is 0. The second-order valence-corrected chi connectivity index (χ2v) is 6.80. The maximum absolute atomic E-state index is 12.3. The molecule has 5 heteroatoms. The van der Waals surface area contributed by atoms with E-state index < -0.39 is 0 Å². The average molecular weight is 332 g/mol. The molecule has 1 aromatic rings. The van der Waals surface area contributed by atoms with Crippen molar-refractivity contribution in [2.24, 2.45) is 5.92 Å². The van der Waals surface area contributed by atoms with Crippen molar-refractivity contribution in [1.29, 1.82) is 0 Å². The van der Waals surface area contributed by atoms with E-state index in [-0.39, 0.29) is 17.9 Å². The van der Waals surface area contributed by atoms with Crippen LogP contribution in [0.3, 0.4) is 0 Å². The van der Waals surface area contributed by atoms with Crippen LogP contribution in [0.15, 0.2) is 18.2 Å². The fourth-order valence-corrected chi connectivity index (χ4v) is 3.31. The van der Waals surface area contributed by atoms with Crippen LogP contribution in [0.2, 0.25) is 0 Å². The molecule has 1 atom stereocenters. The van der Waals surface area contributed by atoms with Crippen molar-refractivity contribution in [1.82, 2.24) is 10.6 Å². The molecule has 2 N–H and O–H groups in total. The van der Waals surface area contributed by atoms with Crippen molar-refractivity contribution >= 4 is 5.91 Å². The predicted octanol–water partition coefficient (Wildman–Crippen LogP) is 2.17. The Labute approximate surface area is 144 Å². The Morgan fingerprint density at radius 1 is 1.33 bits per heavy atom. The van der Waals surface area contributed by atoms with Gasteiger partial charge < -0.3 is 20.1 Å². The zero-order chi connectivity index (χ0) is 16.8. The summed E-state index contributed by atoms with van der Waals surface area (Å²) < 4.78 is 11.6. The van der Waals surface area contributed by atoms with Crippen LogP contribution >= 0.6 is 0 Å². The first-order valence-electron chi connectivity index (χ1n) is 9.05. The summed E-state index contributed by atoms with van der Waals surface area (Å²) in [6.07, 6.45) is 4.21. The van der Waals surface area contributed by atoms with Crippen LogP contribution in [-0.4, -0.2) is 38.3 Å². The molecule has 2 fully saturated rings. The van der Waals surface area contributed by atoms with E-state index in [4.69, 9.17) is 9.47 Å². The summed E-state index contributed by atoms with van der Waals surface area (Å²) in [7, 11) is 0. The lowest BCUT2D eigenvalue weighted by Gasteiger charge is -2.22. The summed E-state index contributed by atoms with van der Waals surface area (Å²) in [5.41, 5.74) is 2.19. The molecule has 2 aliphatic rings. The normalized spacial score (nSPS) is 21.6. The van der Waals surface area contributed by atoms with Crippen molar-refractivity contribution < 1.29 is 14.3 Å². The molecule has 1 amide bonds. The first kappa shape index (κ1) is 17.2. The lowest BCUT2D eigenvalue weighted by Crippen LogP contribution is -2.37. The molecule has 5 nitrogen and oxygen atoms in total. The summed E-state index contributed by atoms with van der Waals surface area (Å²) in [5, 5.41) is 6.37. The number of aryl methyl sites for hydroxylation is 1. The minimum Gasteiger partial charge on any atom is -0.491 e. The molecule has 2 heterocycles. The van der Waals surface area contributed by atoms with Gasteiger partial charge in [0.15, 0.2) is 0 Å². The molecule has 0 bridgehead atoms. The Hall–Kier alpha value is -1.59. The van der Waals surface area contributed by atoms with E-state index in [2.05, 4.69) is 23.6 Å². The molecule has 0 radical (unpaired) electrons. The van der Waals surface area contributed by atoms with Gasteiger partial charge >= 0.3 is 0 Å². The van der Waals surface area contributed by atoms with Crippen molar-refractivity contribution in [3.8, 4) is 5.75 Å². The zero-order valence-corrected chi connectivity index (χ0v) is 14.5. The van der Waals surface area contributed by atoms with Gasteiger partial charge in [-0.3, -0.25) is 4.79 Å². The van der Waals surface area contributed by atoms with Gasteiger partial charge in [-0.25, -0.2) is 0 Å². The minimum absolute atomic E-state index is 0.132. The standard InChI is InChI=1S/C19H28N2O3/c1-14-4-5-16(12-21-19(22)15-6-8-20-9-7-15)18(11-14)24-13-17-3-2-10-23-17/h4-5,11,15,17,20H,2-3,6-10,12-13H2,1H3,(H,21,22). The lowest BCUT2D eigenvalue weighted by atomic mass is 9.97. The van der Waals surface area contributed by atoms with Crippen molar-refractivity contribution in [2.45, 2.75) is 45.3 Å². The fraction of sp³-hybridized carbons (Fsp3) is 0.632. The van der Waals surface area contributed by atoms with Crippen molar-refractivity contribution in [3.05, 3.63) is 29.3 Å². The Bertz CT molecular complexity index is 550. The molecular formula is C19H28N2O3. The number of hydrogen-bond acceptors (Lipinski definition) is 4. The zero-order valence-electron chi connectivity index (χ0n) is 14.5. The van der Waals surface area contributed by atoms with Gasteiger partial charge in [-0.15, -0.1) is 0 Å². The lowest BCUT2D eigenvalue weighted by molar-refractivity contribution is -0.125. The molecule has 0 aliphatic carbocycles. The molecule has 0 spiro atoms. The Kier molecular flexibility index (Phi) is 6.10. The highest BCUT2D eigenvalue weighted by Gasteiger charge is 2.21. The van der Waals surface area contributed by atoms with Crippen molar-refractivity contribution in [3.63, 3.8) is 0 Å². The number of amides is 1. The quantitative estimate of drug-likeness (QED) is 0.838. The number of carbonyl (C=O) groups is 1. The van der Waals surface area contributed by atoms with E-state index in [9.17, 15) is 4.79 Å². The number of hydrogen-bond donors (Lipinski definition) is 2. The molecule has 2 saturated heterocycles. The molecule has 24 heavy (non-hydrogen) atoms. The second-order valence-electron chi connectivity index (χ2n) is 6.80. The maximum atomic E-state index is 12.3. The molecule has 3 rings (SSSR count). The SMILES string of the molecule is Cc1ccc(CNC(=O)C2CCNCC2)c(OCC2CCCO2)c1. The first-order valence-corrected chi connectivity index (χ1v) is 9.05. The van der Waals surface area contributed by atoms with Gasteiger partial charge in [0.1, 0.15) is 12.4 Å². The number of carbonyl (C=O) groups excluding carboxylic acids is 1. The minimum atomic E-state index is 0.132. The summed E-state index contributed by atoms with van der Waals surface area (Å²) in [6, 6.07) is 6.15. The van der Waals surface area contributed by atoms with Gasteiger partial charge in [0.05, 0.1) is 6.10 Å². The van der Waals surface area contributed by atoms with E-state index in [0.717, 1.165) is 62.3 Å². The monoisotopic (exact) mass is 332 g/mol. The number of piperidine rings is 1. The molecule has 0 aromatic heterocycles. The molecule has 1 aromatic carbocycles. The van der Waals surface area contributed by atoms with E-state index in [1.165, 1.54) is 0 Å². The van der Waals surface area contributed by atoms with Crippen LogP contribution in [0.4, 0.5) is 0 Å². The van der Waals surface area contributed by atoms with E-state index in [0.29, 0.717) is 13.2 Å². The Morgan fingerprint density at radius 3 is 2.92 bits per heavy atom. The van der Waals surface area contributed by atoms with E-state index >= 15 is 0 Å². The van der Waals surface area contributed by atoms with E-state index in [1.807, 2.05) is 12.1 Å². The van der Waals surface area contributed by atoms with Gasteiger partial charge in [-0.2, -0.15) is 0 Å². The van der Waals surface area contributed by atoms with Crippen LogP contribution < -0.4 is 15.4 Å². The highest BCUT2D eigenvalue weighted by Crippen LogP contribution is 2.22. The highest BCUT2D eigenvalue weighted by molar-refractivity contribution is 5.78. The fourth-order valence-electron chi connectivity index (χ4n) is 3.31. The smallest absolute Gasteiger partial charge is 0.223 e. The first-order chi connectivity index (χ1) is 11.7. The van der Waals surface area contributed by atoms with Gasteiger partial charge in [0.2, 0.25) is 5.91 Å². The average Bonchev–Trinajstić information content (AvgIpc) is 3.13. The number of benzene rings is 1. The Morgan fingerprint density at radius 2 is 2.17 bits per heavy atom. The molecule has 0 saturated carbocycles. The van der Waals surface area contributed by atoms with Gasteiger partial charge in [-0.1, -0.05) is 12.1 Å². The van der Waals surface area contributed by atoms with Crippen LogP contribution in [0.1, 0.15) is 36.8 Å². The second kappa shape index (κ2) is 8.49. The third-order valence-corrected chi connectivity index (χ3v) is 4.83. The van der Waals surface area contributed by atoms with Crippen molar-refractivity contribution in [2.75, 3.05) is 26.3 Å². The number of nitrogens with one attached hydrogen (secondary N) is 2. The predicted molar refractivity (Wildman–Crippen MR) is 93.1 cm³/mol. The summed E-state index contributed by atoms with van der Waals surface area (Å²) in [4.78, 5) is 12.3. The summed E-state index contributed by atoms with van der Waals surface area (Å²) in [6.45, 7) is 5.84. The third-order valence-electron chi connectivity index (χ3n) is 4.83. The van der Waals surface area contributed by atoms with Crippen LogP contribution in [0.25, 0.3) is 0 Å². The van der Waals surface area contributed by atoms with Crippen LogP contribution in [0.5, 0.6) is 5.75 Å². The van der Waals surface area contributed by atoms with Crippen LogP contribution in [-0.2, 0) is 16.1 Å². The number of rotatable bonds is 6. The highest BCUT2D eigenvalue weighted by atomic mass is 16.5. The largest absolute Gasteiger partial charge is 0.491 e. The van der Waals surface area contributed by atoms with Gasteiger partial charge in [0.25, 0.3) is 0 Å².